The summed E-state index contributed by atoms with van der Waals surface area (Å²) >= 11 is 0. The summed E-state index contributed by atoms with van der Waals surface area (Å²) in [7, 11) is 1.60. The Morgan fingerprint density at radius 3 is 2.51 bits per heavy atom. The molecule has 0 bridgehead atoms. The minimum Gasteiger partial charge on any atom is -0.497 e. The van der Waals surface area contributed by atoms with Crippen LogP contribution in [0.15, 0.2) is 60.9 Å². The normalized spacial score (nSPS) is 13.4. The number of hydrogen-bond donors (Lipinski definition) is 3. The van der Waals surface area contributed by atoms with E-state index >= 15 is 4.39 Å². The maximum Gasteiger partial charge on any atom is 0.324 e. The van der Waals surface area contributed by atoms with Gasteiger partial charge in [-0.1, -0.05) is 26.8 Å². The van der Waals surface area contributed by atoms with Crippen LogP contribution in [0.1, 0.15) is 51.0 Å². The number of ether oxygens (including phenoxy) is 1. The summed E-state index contributed by atoms with van der Waals surface area (Å²) in [6.45, 7) is 6.11. The molecular weight excluding hydrogens is 523 g/mol. The summed E-state index contributed by atoms with van der Waals surface area (Å²) in [6, 6.07) is 13.1. The fourth-order valence-electron chi connectivity index (χ4n) is 4.71. The summed E-state index contributed by atoms with van der Waals surface area (Å²) in [4.78, 5) is 22.1. The molecule has 210 valence electrons. The van der Waals surface area contributed by atoms with E-state index in [4.69, 9.17) is 20.6 Å². The molecule has 2 aromatic carbocycles. The van der Waals surface area contributed by atoms with Crippen LogP contribution in [0.25, 0.3) is 22.5 Å². The number of urea groups is 1. The summed E-state index contributed by atoms with van der Waals surface area (Å²) in [6.07, 6.45) is 5.58. The van der Waals surface area contributed by atoms with Crippen LogP contribution in [-0.4, -0.2) is 37.3 Å². The molecule has 5 aromatic rings. The Kier molecular flexibility index (Phi) is 6.36. The van der Waals surface area contributed by atoms with Gasteiger partial charge in [0.2, 0.25) is 0 Å². The van der Waals surface area contributed by atoms with Crippen molar-refractivity contribution in [1.82, 2.24) is 24.1 Å². The fraction of sp³-hybridized carbons (Fsp3) is 0.267. The molecule has 1 fully saturated rings. The highest BCUT2D eigenvalue weighted by atomic mass is 19.1. The molecule has 0 radical (unpaired) electrons. The zero-order valence-corrected chi connectivity index (χ0v) is 23.3. The molecule has 1 aliphatic carbocycles. The van der Waals surface area contributed by atoms with Crippen molar-refractivity contribution < 1.29 is 13.9 Å². The van der Waals surface area contributed by atoms with Gasteiger partial charge >= 0.3 is 6.03 Å². The van der Waals surface area contributed by atoms with E-state index in [1.807, 2.05) is 61.7 Å². The first kappa shape index (κ1) is 26.3. The lowest BCUT2D eigenvalue weighted by molar-refractivity contribution is 0.262. The summed E-state index contributed by atoms with van der Waals surface area (Å²) < 4.78 is 24.2. The van der Waals surface area contributed by atoms with Crippen molar-refractivity contribution in [1.29, 1.82) is 0 Å². The molecule has 3 aromatic heterocycles. The molecule has 10 nitrogen and oxygen atoms in total. The number of imidazole rings is 1. The van der Waals surface area contributed by atoms with Gasteiger partial charge in [0.05, 0.1) is 24.2 Å². The van der Waals surface area contributed by atoms with Crippen molar-refractivity contribution in [2.75, 3.05) is 23.5 Å². The van der Waals surface area contributed by atoms with Crippen LogP contribution in [0.2, 0.25) is 0 Å². The lowest BCUT2D eigenvalue weighted by Crippen LogP contribution is -2.22. The van der Waals surface area contributed by atoms with Gasteiger partial charge in [0.15, 0.2) is 0 Å². The molecular formula is C30H31FN8O2. The molecule has 41 heavy (non-hydrogen) atoms. The average molecular weight is 555 g/mol. The fourth-order valence-corrected chi connectivity index (χ4v) is 4.71. The zero-order chi connectivity index (χ0) is 28.9. The van der Waals surface area contributed by atoms with Crippen molar-refractivity contribution >= 4 is 28.9 Å². The topological polar surface area (TPSA) is 124 Å². The van der Waals surface area contributed by atoms with E-state index in [1.54, 1.807) is 24.1 Å². The number of anilines is 3. The second-order valence-corrected chi connectivity index (χ2v) is 11.2. The van der Waals surface area contributed by atoms with Gasteiger partial charge in [-0.3, -0.25) is 9.72 Å². The summed E-state index contributed by atoms with van der Waals surface area (Å²) in [5, 5.41) is 10.1. The number of aromatic nitrogens is 5. The molecule has 0 saturated heterocycles. The van der Waals surface area contributed by atoms with Crippen LogP contribution in [0.5, 0.6) is 5.75 Å². The number of carbonyl (C=O) groups is 1. The second-order valence-electron chi connectivity index (χ2n) is 11.2. The lowest BCUT2D eigenvalue weighted by atomic mass is 9.92. The third-order valence-electron chi connectivity index (χ3n) is 7.08. The number of nitrogens with zero attached hydrogens (tertiary/aromatic N) is 5. The van der Waals surface area contributed by atoms with Crippen LogP contribution in [0, 0.1) is 5.82 Å². The van der Waals surface area contributed by atoms with Crippen molar-refractivity contribution in [2.45, 2.75) is 44.9 Å². The highest BCUT2D eigenvalue weighted by Crippen LogP contribution is 2.42. The Labute approximate surface area is 236 Å². The van der Waals surface area contributed by atoms with Gasteiger partial charge in [0, 0.05) is 35.4 Å². The second kappa shape index (κ2) is 9.92. The number of methoxy groups -OCH3 is 1. The minimum atomic E-state index is -0.608. The predicted molar refractivity (Wildman–Crippen MR) is 156 cm³/mol. The van der Waals surface area contributed by atoms with E-state index in [2.05, 4.69) is 15.6 Å². The highest BCUT2D eigenvalue weighted by Gasteiger charge is 2.30. The predicted octanol–water partition coefficient (Wildman–Crippen LogP) is 6.13. The number of nitrogens with one attached hydrogen (secondary N) is 2. The maximum absolute atomic E-state index is 15.3. The van der Waals surface area contributed by atoms with Gasteiger partial charge < -0.3 is 15.8 Å². The first-order valence-electron chi connectivity index (χ1n) is 13.4. The molecule has 0 unspecified atom stereocenters. The minimum absolute atomic E-state index is 0.0230. The van der Waals surface area contributed by atoms with E-state index < -0.39 is 11.8 Å². The van der Waals surface area contributed by atoms with Crippen molar-refractivity contribution in [3.63, 3.8) is 0 Å². The van der Waals surface area contributed by atoms with Gasteiger partial charge in [-0.05, 0) is 49.2 Å². The third-order valence-corrected chi connectivity index (χ3v) is 7.08. The number of benzene rings is 2. The van der Waals surface area contributed by atoms with Crippen molar-refractivity contribution in [3.8, 4) is 22.7 Å². The molecule has 6 rings (SSSR count). The number of fused-ring (bicyclic) bond motifs is 1. The molecule has 11 heteroatoms. The van der Waals surface area contributed by atoms with Gasteiger partial charge in [-0.15, -0.1) is 0 Å². The average Bonchev–Trinajstić information content (AvgIpc) is 3.57. The van der Waals surface area contributed by atoms with E-state index in [9.17, 15) is 4.79 Å². The van der Waals surface area contributed by atoms with Gasteiger partial charge in [0.1, 0.15) is 40.2 Å². The molecule has 1 aliphatic rings. The van der Waals surface area contributed by atoms with Crippen LogP contribution in [0.3, 0.4) is 0 Å². The Morgan fingerprint density at radius 1 is 1.10 bits per heavy atom. The molecule has 1 saturated carbocycles. The number of amides is 2. The SMILES string of the molecule is COc1ccc(-n2nc(C(C)(C)C)cc2NC(=O)Nc2ccc(-c3nc(C4CC4)n4ccnc(N)c34)cc2F)cc1. The summed E-state index contributed by atoms with van der Waals surface area (Å²) in [5.74, 6) is 2.12. The van der Waals surface area contributed by atoms with E-state index in [1.165, 1.54) is 12.1 Å². The molecule has 0 aliphatic heterocycles. The number of nitrogen functional groups attached to an aromatic ring is 1. The van der Waals surface area contributed by atoms with E-state index in [-0.39, 0.29) is 11.1 Å². The largest absolute Gasteiger partial charge is 0.497 e. The Balaban J connectivity index is 1.26. The molecule has 0 atom stereocenters. The van der Waals surface area contributed by atoms with Crippen LogP contribution in [-0.2, 0) is 5.41 Å². The monoisotopic (exact) mass is 554 g/mol. The van der Waals surface area contributed by atoms with E-state index in [0.717, 1.165) is 30.0 Å². The van der Waals surface area contributed by atoms with Gasteiger partial charge in [0.25, 0.3) is 0 Å². The number of rotatable bonds is 6. The Morgan fingerprint density at radius 2 is 1.85 bits per heavy atom. The maximum atomic E-state index is 15.3. The van der Waals surface area contributed by atoms with Crippen LogP contribution in [0.4, 0.5) is 26.5 Å². The van der Waals surface area contributed by atoms with Crippen LogP contribution < -0.4 is 21.1 Å². The smallest absolute Gasteiger partial charge is 0.324 e. The first-order chi connectivity index (χ1) is 19.6. The molecule has 2 amide bonds. The number of hydrogen-bond acceptors (Lipinski definition) is 6. The zero-order valence-electron chi connectivity index (χ0n) is 23.3. The van der Waals surface area contributed by atoms with E-state index in [0.29, 0.717) is 40.1 Å². The number of carbonyl (C=O) groups excluding carboxylic acids is 1. The highest BCUT2D eigenvalue weighted by molar-refractivity contribution is 6.00. The standard InChI is InChI=1S/C30H31FN8O2/c1-30(2,3)23-16-24(39(37-23)19-8-10-20(41-4)11-9-19)35-29(40)34-22-12-7-18(15-21(22)31)25-26-27(32)33-13-14-38(26)28(36-25)17-5-6-17/h7-17H,5-6H2,1-4H3,(H2,32,33)(H2,34,35,40). The third kappa shape index (κ3) is 5.06. The number of nitrogens with two attached hydrogens (primary N) is 1. The van der Waals surface area contributed by atoms with Gasteiger partial charge in [-0.2, -0.15) is 5.10 Å². The quantitative estimate of drug-likeness (QED) is 0.232. The Hall–Kier alpha value is -4.93. The first-order valence-corrected chi connectivity index (χ1v) is 13.4. The Bertz CT molecular complexity index is 1760. The summed E-state index contributed by atoms with van der Waals surface area (Å²) in [5.41, 5.74) is 9.22. The number of halogens is 1. The molecule has 4 N–H and O–H groups in total. The molecule has 3 heterocycles. The van der Waals surface area contributed by atoms with Crippen molar-refractivity contribution in [2.24, 2.45) is 0 Å². The lowest BCUT2D eigenvalue weighted by Gasteiger charge is -2.14. The van der Waals surface area contributed by atoms with Crippen molar-refractivity contribution in [3.05, 3.63) is 78.3 Å². The molecule has 0 spiro atoms. The van der Waals surface area contributed by atoms with Crippen LogP contribution >= 0.6 is 0 Å². The van der Waals surface area contributed by atoms with Gasteiger partial charge in [-0.25, -0.2) is 23.8 Å².